The van der Waals surface area contributed by atoms with Gasteiger partial charge in [-0.2, -0.15) is 5.26 Å². The Morgan fingerprint density at radius 2 is 2.00 bits per heavy atom. The molecule has 1 N–H and O–H groups in total. The first-order chi connectivity index (χ1) is 12.7. The first kappa shape index (κ1) is 17.8. The molecule has 0 radical (unpaired) electrons. The highest BCUT2D eigenvalue weighted by Gasteiger charge is 2.23. The molecule has 5 nitrogen and oxygen atoms in total. The zero-order valence-electron chi connectivity index (χ0n) is 14.9. The second-order valence-electron chi connectivity index (χ2n) is 6.53. The molecule has 0 aliphatic carbocycles. The van der Waals surface area contributed by atoms with E-state index in [0.717, 1.165) is 42.9 Å². The molecule has 0 unspecified atom stereocenters. The molecule has 1 amide bonds. The summed E-state index contributed by atoms with van der Waals surface area (Å²) in [5, 5.41) is 12.2. The molecular formula is C21H23N3O2. The Morgan fingerprint density at radius 3 is 2.77 bits per heavy atom. The Labute approximate surface area is 154 Å². The number of anilines is 1. The molecule has 2 aromatic carbocycles. The van der Waals surface area contributed by atoms with Crippen LogP contribution in [0.4, 0.5) is 5.69 Å². The predicted octanol–water partition coefficient (Wildman–Crippen LogP) is 3.56. The van der Waals surface area contributed by atoms with Gasteiger partial charge in [-0.15, -0.1) is 0 Å². The first-order valence-corrected chi connectivity index (χ1v) is 8.93. The van der Waals surface area contributed by atoms with Gasteiger partial charge in [-0.3, -0.25) is 4.79 Å². The molecule has 0 spiro atoms. The van der Waals surface area contributed by atoms with Crippen LogP contribution in [0.25, 0.3) is 0 Å². The second-order valence-corrected chi connectivity index (χ2v) is 6.53. The van der Waals surface area contributed by atoms with Crippen molar-refractivity contribution in [1.29, 1.82) is 5.26 Å². The van der Waals surface area contributed by atoms with E-state index in [0.29, 0.717) is 12.2 Å². The average molecular weight is 349 g/mol. The van der Waals surface area contributed by atoms with Gasteiger partial charge >= 0.3 is 0 Å². The van der Waals surface area contributed by atoms with Crippen molar-refractivity contribution in [1.82, 2.24) is 4.90 Å². The lowest BCUT2D eigenvalue weighted by atomic mass is 10.1. The van der Waals surface area contributed by atoms with Crippen LogP contribution in [0.5, 0.6) is 5.75 Å². The fourth-order valence-corrected chi connectivity index (χ4v) is 3.10. The number of nitrogens with zero attached hydrogens (tertiary/aromatic N) is 2. The van der Waals surface area contributed by atoms with Crippen LogP contribution in [0.3, 0.4) is 0 Å². The third-order valence-electron chi connectivity index (χ3n) is 4.47. The lowest BCUT2D eigenvalue weighted by Crippen LogP contribution is -2.39. The summed E-state index contributed by atoms with van der Waals surface area (Å²) >= 11 is 0. The molecule has 5 heteroatoms. The number of benzene rings is 2. The van der Waals surface area contributed by atoms with Crippen LogP contribution in [0.1, 0.15) is 30.9 Å². The maximum atomic E-state index is 12.4. The minimum atomic E-state index is -0.268. The Morgan fingerprint density at radius 1 is 1.23 bits per heavy atom. The van der Waals surface area contributed by atoms with Gasteiger partial charge in [-0.25, -0.2) is 0 Å². The summed E-state index contributed by atoms with van der Waals surface area (Å²) in [7, 11) is 0. The number of likely N-dealkylation sites (tertiary alicyclic amines) is 1. The van der Waals surface area contributed by atoms with E-state index in [2.05, 4.69) is 11.4 Å². The Kier molecular flexibility index (Phi) is 5.75. The number of hydrogen-bond donors (Lipinski definition) is 1. The van der Waals surface area contributed by atoms with Crippen molar-refractivity contribution in [2.75, 3.05) is 18.4 Å². The fraction of sp³-hybridized carbons (Fsp3) is 0.333. The smallest absolute Gasteiger partial charge is 0.244 e. The van der Waals surface area contributed by atoms with Crippen LogP contribution >= 0.6 is 0 Å². The number of ether oxygens (including phenoxy) is 1. The van der Waals surface area contributed by atoms with Crippen LogP contribution in [0, 0.1) is 11.3 Å². The van der Waals surface area contributed by atoms with E-state index >= 15 is 0 Å². The zero-order valence-corrected chi connectivity index (χ0v) is 14.9. The molecule has 1 aliphatic rings. The van der Waals surface area contributed by atoms with Crippen LogP contribution in [-0.2, 0) is 11.4 Å². The third-order valence-corrected chi connectivity index (χ3v) is 4.47. The maximum absolute atomic E-state index is 12.4. The topological polar surface area (TPSA) is 65.4 Å². The van der Waals surface area contributed by atoms with E-state index in [9.17, 15) is 4.79 Å². The van der Waals surface area contributed by atoms with E-state index in [1.165, 1.54) is 0 Å². The Bertz CT molecular complexity index is 807. The van der Waals surface area contributed by atoms with E-state index in [-0.39, 0.29) is 11.9 Å². The van der Waals surface area contributed by atoms with Gasteiger partial charge in [0.25, 0.3) is 0 Å². The lowest BCUT2D eigenvalue weighted by molar-refractivity contribution is -0.130. The standard InChI is InChI=1S/C21H23N3O2/c1-16(21(25)24-10-2-3-11-24)23-19-8-5-9-20(13-19)26-15-18-7-4-6-17(12-18)14-22/h4-9,12-13,16,23H,2-3,10-11,15H2,1H3/t16-/m1/s1. The third kappa shape index (κ3) is 4.54. The predicted molar refractivity (Wildman–Crippen MR) is 101 cm³/mol. The molecule has 1 heterocycles. The highest BCUT2D eigenvalue weighted by Crippen LogP contribution is 2.20. The van der Waals surface area contributed by atoms with Gasteiger partial charge in [-0.1, -0.05) is 18.2 Å². The Hall–Kier alpha value is -3.00. The zero-order chi connectivity index (χ0) is 18.4. The number of nitrogens with one attached hydrogen (secondary N) is 1. The second kappa shape index (κ2) is 8.39. The summed E-state index contributed by atoms with van der Waals surface area (Å²) in [4.78, 5) is 14.3. The summed E-state index contributed by atoms with van der Waals surface area (Å²) in [6.07, 6.45) is 2.18. The van der Waals surface area contributed by atoms with Gasteiger partial charge in [0, 0.05) is 24.8 Å². The van der Waals surface area contributed by atoms with Gasteiger partial charge in [0.05, 0.1) is 11.6 Å². The largest absolute Gasteiger partial charge is 0.489 e. The Balaban J connectivity index is 1.59. The van der Waals surface area contributed by atoms with Gasteiger partial charge in [-0.05, 0) is 49.6 Å². The van der Waals surface area contributed by atoms with Crippen molar-refractivity contribution < 1.29 is 9.53 Å². The molecule has 1 atom stereocenters. The summed E-state index contributed by atoms with van der Waals surface area (Å²) in [5.41, 5.74) is 2.42. The van der Waals surface area contributed by atoms with Crippen LogP contribution < -0.4 is 10.1 Å². The number of nitriles is 1. The molecule has 1 saturated heterocycles. The summed E-state index contributed by atoms with van der Waals surface area (Å²) < 4.78 is 5.83. The first-order valence-electron chi connectivity index (χ1n) is 8.93. The number of carbonyl (C=O) groups excluding carboxylic acids is 1. The lowest BCUT2D eigenvalue weighted by Gasteiger charge is -2.22. The monoisotopic (exact) mass is 349 g/mol. The average Bonchev–Trinajstić information content (AvgIpc) is 3.21. The molecule has 0 aromatic heterocycles. The van der Waals surface area contributed by atoms with Gasteiger partial charge in [0.2, 0.25) is 5.91 Å². The van der Waals surface area contributed by atoms with Crippen molar-refractivity contribution in [3.05, 3.63) is 59.7 Å². The fourth-order valence-electron chi connectivity index (χ4n) is 3.10. The van der Waals surface area contributed by atoms with Gasteiger partial charge < -0.3 is 15.0 Å². The van der Waals surface area contributed by atoms with Crippen LogP contribution in [0.2, 0.25) is 0 Å². The minimum Gasteiger partial charge on any atom is -0.489 e. The van der Waals surface area contributed by atoms with Crippen molar-refractivity contribution in [2.45, 2.75) is 32.4 Å². The molecule has 1 fully saturated rings. The van der Waals surface area contributed by atoms with Crippen molar-refractivity contribution in [3.63, 3.8) is 0 Å². The summed E-state index contributed by atoms with van der Waals surface area (Å²) in [5.74, 6) is 0.861. The van der Waals surface area contributed by atoms with Crippen LogP contribution in [0.15, 0.2) is 48.5 Å². The summed E-state index contributed by atoms with van der Waals surface area (Å²) in [6.45, 7) is 3.99. The number of amides is 1. The number of carbonyl (C=O) groups is 1. The molecule has 1 aliphatic heterocycles. The van der Waals surface area contributed by atoms with E-state index in [1.54, 1.807) is 6.07 Å². The SMILES string of the molecule is C[C@@H](Nc1cccc(OCc2cccc(C#N)c2)c1)C(=O)N1CCCC1. The van der Waals surface area contributed by atoms with E-state index < -0.39 is 0 Å². The molecule has 2 aromatic rings. The molecule has 134 valence electrons. The number of rotatable bonds is 6. The van der Waals surface area contributed by atoms with Gasteiger partial charge in [0.1, 0.15) is 18.4 Å². The van der Waals surface area contributed by atoms with Crippen molar-refractivity contribution in [3.8, 4) is 11.8 Å². The number of hydrogen-bond acceptors (Lipinski definition) is 4. The molecule has 0 bridgehead atoms. The molecular weight excluding hydrogens is 326 g/mol. The highest BCUT2D eigenvalue weighted by atomic mass is 16.5. The van der Waals surface area contributed by atoms with E-state index in [4.69, 9.17) is 10.00 Å². The van der Waals surface area contributed by atoms with Gasteiger partial charge in [0.15, 0.2) is 0 Å². The quantitative estimate of drug-likeness (QED) is 0.866. The molecule has 3 rings (SSSR count). The normalized spacial score (nSPS) is 14.5. The maximum Gasteiger partial charge on any atom is 0.244 e. The van der Waals surface area contributed by atoms with E-state index in [1.807, 2.05) is 54.3 Å². The molecule has 26 heavy (non-hydrogen) atoms. The van der Waals surface area contributed by atoms with Crippen molar-refractivity contribution >= 4 is 11.6 Å². The highest BCUT2D eigenvalue weighted by molar-refractivity contribution is 5.84. The van der Waals surface area contributed by atoms with Crippen molar-refractivity contribution in [2.24, 2.45) is 0 Å². The van der Waals surface area contributed by atoms with Crippen LogP contribution in [-0.4, -0.2) is 29.9 Å². The minimum absolute atomic E-state index is 0.141. The molecule has 0 saturated carbocycles. The summed E-state index contributed by atoms with van der Waals surface area (Å²) in [6, 6.07) is 16.8.